The molecule has 1 fully saturated rings. The van der Waals surface area contributed by atoms with Gasteiger partial charge in [-0.15, -0.1) is 0 Å². The minimum absolute atomic E-state index is 0.0164. The number of hydrogen-bond donors (Lipinski definition) is 1. The van der Waals surface area contributed by atoms with Crippen molar-refractivity contribution >= 4 is 11.9 Å². The van der Waals surface area contributed by atoms with Gasteiger partial charge in [-0.1, -0.05) is 71.4 Å². The average molecular weight is 350 g/mol. The first kappa shape index (κ1) is 23.2. The first-order chi connectivity index (χ1) is 11.9. The van der Waals surface area contributed by atoms with Gasteiger partial charge in [-0.3, -0.25) is 9.59 Å². The highest BCUT2D eigenvalue weighted by Crippen LogP contribution is 2.29. The van der Waals surface area contributed by atoms with E-state index in [0.29, 0.717) is 5.92 Å². The van der Waals surface area contributed by atoms with Crippen LogP contribution >= 0.6 is 0 Å². The van der Waals surface area contributed by atoms with E-state index in [0.717, 1.165) is 24.8 Å². The van der Waals surface area contributed by atoms with Crippen LogP contribution in [0.5, 0.6) is 0 Å². The van der Waals surface area contributed by atoms with Crippen LogP contribution in [0.25, 0.3) is 0 Å². The summed E-state index contributed by atoms with van der Waals surface area (Å²) in [5.41, 5.74) is 0.773. The van der Waals surface area contributed by atoms with Crippen LogP contribution in [0.4, 0.5) is 0 Å². The van der Waals surface area contributed by atoms with Crippen molar-refractivity contribution in [2.75, 3.05) is 6.61 Å². The van der Waals surface area contributed by atoms with E-state index in [2.05, 4.69) is 39.2 Å². The molecule has 142 valence electrons. The summed E-state index contributed by atoms with van der Waals surface area (Å²) in [4.78, 5) is 23.5. The number of hydrogen-bond acceptors (Lipinski definition) is 3. The minimum Gasteiger partial charge on any atom is -0.463 e. The van der Waals surface area contributed by atoms with Gasteiger partial charge in [-0.2, -0.15) is 0 Å². The Hall–Kier alpha value is -1.84. The molecule has 0 aromatic rings. The fraction of sp³-hybridized carbons (Fsp3) is 0.619. The van der Waals surface area contributed by atoms with Gasteiger partial charge >= 0.3 is 5.97 Å². The Balaban J connectivity index is 0.00000178. The molecule has 3 atom stereocenters. The molecule has 1 saturated carbocycles. The number of amides is 1. The van der Waals surface area contributed by atoms with Gasteiger partial charge in [-0.05, 0) is 24.3 Å². The maximum absolute atomic E-state index is 12.2. The zero-order valence-electron chi connectivity index (χ0n) is 16.3. The molecular formula is C21H35NO3. The molecular weight excluding hydrogens is 314 g/mol. The van der Waals surface area contributed by atoms with E-state index in [-0.39, 0.29) is 24.4 Å². The number of carbonyl (C=O) groups excluding carboxylic acids is 2. The molecule has 0 heterocycles. The second-order valence-electron chi connectivity index (χ2n) is 6.67. The summed E-state index contributed by atoms with van der Waals surface area (Å²) < 4.78 is 5.45. The van der Waals surface area contributed by atoms with Crippen molar-refractivity contribution in [1.29, 1.82) is 0 Å². The van der Waals surface area contributed by atoms with Gasteiger partial charge in [-0.25, -0.2) is 0 Å². The molecule has 1 aliphatic carbocycles. The lowest BCUT2D eigenvalue weighted by atomic mass is 9.82. The predicted molar refractivity (Wildman–Crippen MR) is 104 cm³/mol. The smallest absolute Gasteiger partial charge is 0.309 e. The van der Waals surface area contributed by atoms with E-state index >= 15 is 0 Å². The third-order valence-corrected chi connectivity index (χ3v) is 3.99. The van der Waals surface area contributed by atoms with Crippen LogP contribution in [0.2, 0.25) is 0 Å². The zero-order valence-corrected chi connectivity index (χ0v) is 16.3. The van der Waals surface area contributed by atoms with Crippen LogP contribution in [0.1, 0.15) is 59.8 Å². The molecule has 1 N–H and O–H groups in total. The number of carbonyl (C=O) groups is 2. The fourth-order valence-corrected chi connectivity index (χ4v) is 2.86. The van der Waals surface area contributed by atoms with Crippen LogP contribution in [0.3, 0.4) is 0 Å². The standard InChI is InChI=1S/C18H27NO3.C3H8/c1-5-8-15(6-2)17(19-14(4)20)12-22-18(21)16-10-7-9-13(3)11-16;1-3-2/h5-6,8,13,16-17H,1-2,7,9-12H2,3-4H3,(H,19,20);3H2,1-2H3/b15-8+;. The molecule has 25 heavy (non-hydrogen) atoms. The van der Waals surface area contributed by atoms with Crippen LogP contribution in [-0.2, 0) is 14.3 Å². The number of esters is 1. The summed E-state index contributed by atoms with van der Waals surface area (Å²) in [6.45, 7) is 15.3. The maximum Gasteiger partial charge on any atom is 0.309 e. The van der Waals surface area contributed by atoms with E-state index in [9.17, 15) is 9.59 Å². The van der Waals surface area contributed by atoms with Crippen molar-refractivity contribution in [3.05, 3.63) is 37.0 Å². The molecule has 0 aromatic heterocycles. The number of nitrogens with one attached hydrogen (secondary N) is 1. The van der Waals surface area contributed by atoms with E-state index in [1.165, 1.54) is 19.8 Å². The third-order valence-electron chi connectivity index (χ3n) is 3.99. The molecule has 0 bridgehead atoms. The Bertz CT molecular complexity index is 468. The van der Waals surface area contributed by atoms with Crippen LogP contribution in [0.15, 0.2) is 37.0 Å². The second-order valence-corrected chi connectivity index (χ2v) is 6.67. The van der Waals surface area contributed by atoms with Crippen molar-refractivity contribution in [3.63, 3.8) is 0 Å². The highest BCUT2D eigenvalue weighted by atomic mass is 16.5. The molecule has 1 rings (SSSR count). The van der Waals surface area contributed by atoms with E-state index < -0.39 is 6.04 Å². The van der Waals surface area contributed by atoms with Gasteiger partial charge in [0, 0.05) is 6.92 Å². The van der Waals surface area contributed by atoms with Crippen molar-refractivity contribution in [2.24, 2.45) is 11.8 Å². The van der Waals surface area contributed by atoms with Crippen molar-refractivity contribution in [2.45, 2.75) is 65.8 Å². The Morgan fingerprint density at radius 3 is 2.40 bits per heavy atom. The predicted octanol–water partition coefficient (Wildman–Crippen LogP) is 4.58. The van der Waals surface area contributed by atoms with Crippen molar-refractivity contribution in [1.82, 2.24) is 5.32 Å². The van der Waals surface area contributed by atoms with Gasteiger partial charge in [0.2, 0.25) is 5.91 Å². The number of allylic oxidation sites excluding steroid dienone is 2. The molecule has 1 aliphatic rings. The summed E-state index contributed by atoms with van der Waals surface area (Å²) in [6.07, 6.45) is 10.3. The van der Waals surface area contributed by atoms with Gasteiger partial charge in [0.05, 0.1) is 12.0 Å². The molecule has 0 spiro atoms. The second kappa shape index (κ2) is 13.5. The van der Waals surface area contributed by atoms with Crippen LogP contribution in [0, 0.1) is 11.8 Å². The molecule has 0 saturated heterocycles. The Kier molecular flexibility index (Phi) is 12.5. The average Bonchev–Trinajstić information content (AvgIpc) is 2.56. The highest BCUT2D eigenvalue weighted by Gasteiger charge is 2.27. The summed E-state index contributed by atoms with van der Waals surface area (Å²) in [5, 5.41) is 2.78. The monoisotopic (exact) mass is 349 g/mol. The lowest BCUT2D eigenvalue weighted by Crippen LogP contribution is -2.39. The summed E-state index contributed by atoms with van der Waals surface area (Å²) in [5.74, 6) is 0.215. The number of ether oxygens (including phenoxy) is 1. The molecule has 0 radical (unpaired) electrons. The first-order valence-electron chi connectivity index (χ1n) is 9.28. The van der Waals surface area contributed by atoms with E-state index in [1.807, 2.05) is 0 Å². The SMILES string of the molecule is C=C/C=C(\C=C)C(COC(=O)C1CCCC(C)C1)NC(C)=O.CCC. The lowest BCUT2D eigenvalue weighted by Gasteiger charge is -2.26. The Morgan fingerprint density at radius 2 is 1.92 bits per heavy atom. The van der Waals surface area contributed by atoms with Gasteiger partial charge in [0.1, 0.15) is 6.61 Å². The largest absolute Gasteiger partial charge is 0.463 e. The number of rotatable bonds is 7. The molecule has 0 aromatic carbocycles. The highest BCUT2D eigenvalue weighted by molar-refractivity contribution is 5.74. The molecule has 0 aliphatic heterocycles. The Morgan fingerprint density at radius 1 is 1.28 bits per heavy atom. The van der Waals surface area contributed by atoms with Gasteiger partial charge in [0.25, 0.3) is 0 Å². The molecule has 4 heteroatoms. The van der Waals surface area contributed by atoms with Crippen LogP contribution in [-0.4, -0.2) is 24.5 Å². The fourth-order valence-electron chi connectivity index (χ4n) is 2.86. The molecule has 1 amide bonds. The normalized spacial score (nSPS) is 21.2. The quantitative estimate of drug-likeness (QED) is 0.541. The lowest BCUT2D eigenvalue weighted by molar-refractivity contribution is -0.151. The Labute approximate surface area is 153 Å². The van der Waals surface area contributed by atoms with Crippen LogP contribution < -0.4 is 5.32 Å². The maximum atomic E-state index is 12.2. The first-order valence-corrected chi connectivity index (χ1v) is 9.28. The third kappa shape index (κ3) is 9.90. The molecule has 4 nitrogen and oxygen atoms in total. The minimum atomic E-state index is -0.391. The topological polar surface area (TPSA) is 55.4 Å². The van der Waals surface area contributed by atoms with Crippen molar-refractivity contribution in [3.8, 4) is 0 Å². The van der Waals surface area contributed by atoms with Gasteiger partial charge < -0.3 is 10.1 Å². The summed E-state index contributed by atoms with van der Waals surface area (Å²) in [7, 11) is 0. The van der Waals surface area contributed by atoms with E-state index in [4.69, 9.17) is 4.74 Å². The van der Waals surface area contributed by atoms with Gasteiger partial charge in [0.15, 0.2) is 0 Å². The van der Waals surface area contributed by atoms with E-state index in [1.54, 1.807) is 18.2 Å². The summed E-state index contributed by atoms with van der Waals surface area (Å²) in [6, 6.07) is -0.391. The summed E-state index contributed by atoms with van der Waals surface area (Å²) >= 11 is 0. The molecule has 3 unspecified atom stereocenters. The zero-order chi connectivity index (χ0) is 19.2. The van der Waals surface area contributed by atoms with Crippen molar-refractivity contribution < 1.29 is 14.3 Å².